The molecule has 0 amide bonds. The van der Waals surface area contributed by atoms with Crippen molar-refractivity contribution in [2.24, 2.45) is 11.7 Å². The molecule has 0 aliphatic rings. The van der Waals surface area contributed by atoms with Gasteiger partial charge in [0.1, 0.15) is 5.75 Å². The van der Waals surface area contributed by atoms with Crippen molar-refractivity contribution < 1.29 is 14.9 Å². The van der Waals surface area contributed by atoms with E-state index in [9.17, 15) is 5.11 Å². The molecule has 4 nitrogen and oxygen atoms in total. The molecule has 0 aliphatic carbocycles. The van der Waals surface area contributed by atoms with Crippen molar-refractivity contribution in [3.8, 4) is 5.75 Å². The lowest BCUT2D eigenvalue weighted by atomic mass is 10.0. The van der Waals surface area contributed by atoms with Crippen LogP contribution >= 0.6 is 0 Å². The van der Waals surface area contributed by atoms with Gasteiger partial charge in [-0.2, -0.15) is 0 Å². The van der Waals surface area contributed by atoms with Gasteiger partial charge in [0.2, 0.25) is 0 Å². The Hall–Kier alpha value is -1.10. The lowest BCUT2D eigenvalue weighted by Gasteiger charge is -2.17. The summed E-state index contributed by atoms with van der Waals surface area (Å²) in [6, 6.07) is 7.51. The molecule has 1 aromatic carbocycles. The number of ether oxygens (including phenoxy) is 1. The molecule has 114 valence electrons. The topological polar surface area (TPSA) is 75.7 Å². The Morgan fingerprint density at radius 2 is 2.05 bits per heavy atom. The first-order valence-electron chi connectivity index (χ1n) is 7.43. The number of hydrogen-bond donors (Lipinski definition) is 3. The SMILES string of the molecule is CCCC(CCO)COc1cccc(C(O)CCN)c1. The molecule has 0 heterocycles. The van der Waals surface area contributed by atoms with Gasteiger partial charge in [0.25, 0.3) is 0 Å². The Labute approximate surface area is 121 Å². The fraction of sp³-hybridized carbons (Fsp3) is 0.625. The molecular formula is C16H27NO3. The van der Waals surface area contributed by atoms with Crippen LogP contribution in [0.4, 0.5) is 0 Å². The average Bonchev–Trinajstić information content (AvgIpc) is 2.46. The maximum atomic E-state index is 9.92. The van der Waals surface area contributed by atoms with Crippen molar-refractivity contribution in [3.63, 3.8) is 0 Å². The van der Waals surface area contributed by atoms with Crippen LogP contribution < -0.4 is 10.5 Å². The second-order valence-electron chi connectivity index (χ2n) is 5.14. The average molecular weight is 281 g/mol. The van der Waals surface area contributed by atoms with Crippen LogP contribution in [0, 0.1) is 5.92 Å². The fourth-order valence-electron chi connectivity index (χ4n) is 2.25. The van der Waals surface area contributed by atoms with Crippen LogP contribution in [0.3, 0.4) is 0 Å². The Kier molecular flexibility index (Phi) is 8.26. The molecule has 0 saturated carbocycles. The summed E-state index contributed by atoms with van der Waals surface area (Å²) in [6.07, 6.45) is 2.92. The van der Waals surface area contributed by atoms with Crippen molar-refractivity contribution >= 4 is 0 Å². The van der Waals surface area contributed by atoms with Gasteiger partial charge in [-0.05, 0) is 49.4 Å². The second-order valence-corrected chi connectivity index (χ2v) is 5.14. The molecule has 0 radical (unpaired) electrons. The quantitative estimate of drug-likeness (QED) is 0.615. The zero-order valence-corrected chi connectivity index (χ0v) is 12.3. The highest BCUT2D eigenvalue weighted by atomic mass is 16.5. The number of benzene rings is 1. The largest absolute Gasteiger partial charge is 0.493 e. The van der Waals surface area contributed by atoms with Crippen LogP contribution in [0.2, 0.25) is 0 Å². The molecule has 4 heteroatoms. The maximum Gasteiger partial charge on any atom is 0.119 e. The van der Waals surface area contributed by atoms with Gasteiger partial charge in [0, 0.05) is 6.61 Å². The number of rotatable bonds is 10. The van der Waals surface area contributed by atoms with E-state index in [1.54, 1.807) is 0 Å². The zero-order valence-electron chi connectivity index (χ0n) is 12.3. The zero-order chi connectivity index (χ0) is 14.8. The predicted octanol–water partition coefficient (Wildman–Crippen LogP) is 2.25. The minimum absolute atomic E-state index is 0.198. The van der Waals surface area contributed by atoms with Crippen LogP contribution in [0.25, 0.3) is 0 Å². The van der Waals surface area contributed by atoms with Crippen molar-refractivity contribution in [2.75, 3.05) is 19.8 Å². The van der Waals surface area contributed by atoms with Gasteiger partial charge in [-0.15, -0.1) is 0 Å². The maximum absolute atomic E-state index is 9.92. The van der Waals surface area contributed by atoms with E-state index in [-0.39, 0.29) is 6.61 Å². The Morgan fingerprint density at radius 3 is 2.70 bits per heavy atom. The van der Waals surface area contributed by atoms with E-state index >= 15 is 0 Å². The standard InChI is InChI=1S/C16H27NO3/c1-2-4-13(8-10-18)12-20-15-6-3-5-14(11-15)16(19)7-9-17/h3,5-6,11,13,16,18-19H,2,4,7-10,12,17H2,1H3. The third-order valence-corrected chi connectivity index (χ3v) is 3.40. The molecule has 4 N–H and O–H groups in total. The van der Waals surface area contributed by atoms with Crippen LogP contribution in [0.5, 0.6) is 5.75 Å². The monoisotopic (exact) mass is 281 g/mol. The van der Waals surface area contributed by atoms with Gasteiger partial charge in [-0.25, -0.2) is 0 Å². The first-order valence-corrected chi connectivity index (χ1v) is 7.43. The van der Waals surface area contributed by atoms with Crippen molar-refractivity contribution in [3.05, 3.63) is 29.8 Å². The Morgan fingerprint density at radius 1 is 1.25 bits per heavy atom. The van der Waals surface area contributed by atoms with Gasteiger partial charge in [0.15, 0.2) is 0 Å². The second kappa shape index (κ2) is 9.75. The summed E-state index contributed by atoms with van der Waals surface area (Å²) < 4.78 is 5.79. The number of aliphatic hydroxyl groups excluding tert-OH is 2. The number of nitrogens with two attached hydrogens (primary N) is 1. The summed E-state index contributed by atoms with van der Waals surface area (Å²) in [5, 5.41) is 19.0. The van der Waals surface area contributed by atoms with Gasteiger partial charge in [0.05, 0.1) is 12.7 Å². The van der Waals surface area contributed by atoms with Crippen molar-refractivity contribution in [1.82, 2.24) is 0 Å². The molecule has 0 fully saturated rings. The molecule has 1 rings (SSSR count). The predicted molar refractivity (Wildman–Crippen MR) is 80.7 cm³/mol. The minimum atomic E-state index is -0.535. The molecule has 0 spiro atoms. The first kappa shape index (κ1) is 17.0. The van der Waals surface area contributed by atoms with Crippen LogP contribution in [0.15, 0.2) is 24.3 Å². The third-order valence-electron chi connectivity index (χ3n) is 3.40. The smallest absolute Gasteiger partial charge is 0.119 e. The highest BCUT2D eigenvalue weighted by Gasteiger charge is 2.10. The molecule has 0 bridgehead atoms. The molecule has 2 unspecified atom stereocenters. The van der Waals surface area contributed by atoms with Crippen LogP contribution in [0.1, 0.15) is 44.3 Å². The van der Waals surface area contributed by atoms with Gasteiger partial charge < -0.3 is 20.7 Å². The number of aliphatic hydroxyl groups is 2. The summed E-state index contributed by atoms with van der Waals surface area (Å²) in [5.74, 6) is 1.14. The van der Waals surface area contributed by atoms with E-state index in [1.807, 2.05) is 24.3 Å². The first-order chi connectivity index (χ1) is 9.71. The van der Waals surface area contributed by atoms with E-state index in [0.29, 0.717) is 25.5 Å². The van der Waals surface area contributed by atoms with Crippen LogP contribution in [-0.4, -0.2) is 30.0 Å². The van der Waals surface area contributed by atoms with E-state index < -0.39 is 6.10 Å². The normalized spacial score (nSPS) is 14.0. The molecular weight excluding hydrogens is 254 g/mol. The Bertz CT molecular complexity index is 364. The highest BCUT2D eigenvalue weighted by molar-refractivity contribution is 5.29. The van der Waals surface area contributed by atoms with Crippen molar-refractivity contribution in [2.45, 2.75) is 38.7 Å². The summed E-state index contributed by atoms with van der Waals surface area (Å²) in [6.45, 7) is 3.39. The fourth-order valence-corrected chi connectivity index (χ4v) is 2.25. The van der Waals surface area contributed by atoms with E-state index in [2.05, 4.69) is 6.92 Å². The summed E-state index contributed by atoms with van der Waals surface area (Å²) in [4.78, 5) is 0. The minimum Gasteiger partial charge on any atom is -0.493 e. The lowest BCUT2D eigenvalue weighted by molar-refractivity contribution is 0.168. The molecule has 0 aliphatic heterocycles. The molecule has 20 heavy (non-hydrogen) atoms. The number of hydrogen-bond acceptors (Lipinski definition) is 4. The molecule has 2 atom stereocenters. The summed E-state index contributed by atoms with van der Waals surface area (Å²) in [7, 11) is 0. The Balaban J connectivity index is 2.56. The molecule has 0 aromatic heterocycles. The molecule has 0 saturated heterocycles. The van der Waals surface area contributed by atoms with Crippen molar-refractivity contribution in [1.29, 1.82) is 0 Å². The van der Waals surface area contributed by atoms with Gasteiger partial charge in [-0.1, -0.05) is 25.5 Å². The van der Waals surface area contributed by atoms with E-state index in [4.69, 9.17) is 15.6 Å². The van der Waals surface area contributed by atoms with E-state index in [0.717, 1.165) is 30.6 Å². The van der Waals surface area contributed by atoms with Gasteiger partial charge >= 0.3 is 0 Å². The molecule has 1 aromatic rings. The highest BCUT2D eigenvalue weighted by Crippen LogP contribution is 2.22. The third kappa shape index (κ3) is 5.90. The summed E-state index contributed by atoms with van der Waals surface area (Å²) in [5.41, 5.74) is 6.29. The van der Waals surface area contributed by atoms with Gasteiger partial charge in [-0.3, -0.25) is 0 Å². The lowest BCUT2D eigenvalue weighted by Crippen LogP contribution is -2.14. The van der Waals surface area contributed by atoms with Crippen LogP contribution in [-0.2, 0) is 0 Å². The van der Waals surface area contributed by atoms with E-state index in [1.165, 1.54) is 0 Å². The summed E-state index contributed by atoms with van der Waals surface area (Å²) >= 11 is 0.